The van der Waals surface area contributed by atoms with E-state index in [2.05, 4.69) is 11.1 Å². The Labute approximate surface area is 112 Å². The minimum Gasteiger partial charge on any atom is -0.462 e. The third-order valence-corrected chi connectivity index (χ3v) is 2.31. The normalized spacial score (nSPS) is 10.7. The van der Waals surface area contributed by atoms with Crippen molar-refractivity contribution in [2.75, 3.05) is 19.8 Å². The van der Waals surface area contributed by atoms with Crippen LogP contribution in [0, 0.1) is 0 Å². The molecule has 0 amide bonds. The molecule has 0 aliphatic carbocycles. The Hall–Kier alpha value is -1.30. The standard InChI is InChI=1S/C11H17O7P/c1-9(2)11(13)17-8-7-16-10(12)5-3-4-6-18-19(14)15/h1,3-8H2,2H3/p+1. The largest absolute Gasteiger partial charge is 0.694 e. The molecule has 0 aromatic carbocycles. The molecule has 0 bridgehead atoms. The lowest BCUT2D eigenvalue weighted by atomic mass is 10.2. The number of hydrogen-bond donors (Lipinski definition) is 1. The molecule has 0 radical (unpaired) electrons. The van der Waals surface area contributed by atoms with Crippen LogP contribution < -0.4 is 0 Å². The molecule has 108 valence electrons. The van der Waals surface area contributed by atoms with Crippen molar-refractivity contribution in [2.24, 2.45) is 0 Å². The van der Waals surface area contributed by atoms with E-state index in [1.54, 1.807) is 0 Å². The average molecular weight is 293 g/mol. The van der Waals surface area contributed by atoms with Gasteiger partial charge in [0.05, 0.1) is 0 Å². The van der Waals surface area contributed by atoms with Gasteiger partial charge in [0.25, 0.3) is 0 Å². The highest BCUT2D eigenvalue weighted by atomic mass is 31.1. The zero-order chi connectivity index (χ0) is 14.7. The minimum atomic E-state index is -2.58. The molecule has 0 heterocycles. The molecule has 1 N–H and O–H groups in total. The first-order valence-electron chi connectivity index (χ1n) is 5.70. The Balaban J connectivity index is 3.42. The SMILES string of the molecule is C=C(C)C(=O)OCCOC(=O)CCCCO[P+](=O)O. The number of hydrogen-bond acceptors (Lipinski definition) is 6. The topological polar surface area (TPSA) is 99.1 Å². The summed E-state index contributed by atoms with van der Waals surface area (Å²) in [5.74, 6) is -0.939. The van der Waals surface area contributed by atoms with Gasteiger partial charge in [-0.3, -0.25) is 4.79 Å². The summed E-state index contributed by atoms with van der Waals surface area (Å²) in [6.07, 6.45) is 1.16. The maximum absolute atomic E-state index is 11.2. The van der Waals surface area contributed by atoms with Crippen molar-refractivity contribution in [1.82, 2.24) is 0 Å². The second-order valence-electron chi connectivity index (χ2n) is 3.66. The van der Waals surface area contributed by atoms with Gasteiger partial charge in [0.2, 0.25) is 0 Å². The fourth-order valence-corrected chi connectivity index (χ4v) is 1.28. The summed E-state index contributed by atoms with van der Waals surface area (Å²) < 4.78 is 24.1. The van der Waals surface area contributed by atoms with E-state index < -0.39 is 20.2 Å². The lowest BCUT2D eigenvalue weighted by Gasteiger charge is -2.05. The number of esters is 2. The van der Waals surface area contributed by atoms with Crippen LogP contribution in [0.2, 0.25) is 0 Å². The molecule has 0 spiro atoms. The molecular weight excluding hydrogens is 275 g/mol. The van der Waals surface area contributed by atoms with Crippen molar-refractivity contribution in [3.05, 3.63) is 12.2 Å². The van der Waals surface area contributed by atoms with Crippen molar-refractivity contribution >= 4 is 20.2 Å². The molecule has 0 rings (SSSR count). The maximum atomic E-state index is 11.2. The van der Waals surface area contributed by atoms with E-state index in [-0.39, 0.29) is 31.8 Å². The first-order chi connectivity index (χ1) is 8.93. The predicted octanol–water partition coefficient (Wildman–Crippen LogP) is 1.49. The quantitative estimate of drug-likeness (QED) is 0.282. The van der Waals surface area contributed by atoms with E-state index in [9.17, 15) is 14.2 Å². The number of ether oxygens (including phenoxy) is 2. The molecule has 1 unspecified atom stereocenters. The second-order valence-corrected chi connectivity index (χ2v) is 4.40. The van der Waals surface area contributed by atoms with Crippen molar-refractivity contribution < 1.29 is 33.0 Å². The molecule has 0 aliphatic heterocycles. The summed E-state index contributed by atoms with van der Waals surface area (Å²) in [7, 11) is -2.58. The van der Waals surface area contributed by atoms with Gasteiger partial charge < -0.3 is 9.47 Å². The zero-order valence-electron chi connectivity index (χ0n) is 10.8. The van der Waals surface area contributed by atoms with Gasteiger partial charge in [-0.1, -0.05) is 6.58 Å². The fourth-order valence-electron chi connectivity index (χ4n) is 0.999. The number of carbonyl (C=O) groups is 2. The fraction of sp³-hybridized carbons (Fsp3) is 0.636. The van der Waals surface area contributed by atoms with E-state index in [1.165, 1.54) is 6.92 Å². The van der Waals surface area contributed by atoms with Gasteiger partial charge in [-0.05, 0) is 19.8 Å². The molecule has 0 fully saturated rings. The highest BCUT2D eigenvalue weighted by Gasteiger charge is 2.11. The van der Waals surface area contributed by atoms with Crippen LogP contribution in [0.1, 0.15) is 26.2 Å². The summed E-state index contributed by atoms with van der Waals surface area (Å²) in [6, 6.07) is 0. The van der Waals surface area contributed by atoms with Gasteiger partial charge in [0, 0.05) is 16.6 Å². The summed E-state index contributed by atoms with van der Waals surface area (Å²) in [4.78, 5) is 30.5. The van der Waals surface area contributed by atoms with E-state index >= 15 is 0 Å². The van der Waals surface area contributed by atoms with E-state index in [4.69, 9.17) is 14.4 Å². The molecule has 8 heteroatoms. The first-order valence-corrected chi connectivity index (χ1v) is 6.84. The van der Waals surface area contributed by atoms with Crippen molar-refractivity contribution in [2.45, 2.75) is 26.2 Å². The smallest absolute Gasteiger partial charge is 0.462 e. The molecule has 0 aliphatic rings. The predicted molar refractivity (Wildman–Crippen MR) is 66.4 cm³/mol. The maximum Gasteiger partial charge on any atom is 0.694 e. The molecule has 1 atom stereocenters. The van der Waals surface area contributed by atoms with Crippen LogP contribution in [-0.4, -0.2) is 36.7 Å². The van der Waals surface area contributed by atoms with Crippen LogP contribution in [-0.2, 0) is 28.2 Å². The summed E-state index contributed by atoms with van der Waals surface area (Å²) in [6.45, 7) is 5.04. The monoisotopic (exact) mass is 293 g/mol. The van der Waals surface area contributed by atoms with Crippen molar-refractivity contribution in [3.8, 4) is 0 Å². The number of unbranched alkanes of at least 4 members (excludes halogenated alkanes) is 1. The van der Waals surface area contributed by atoms with E-state index in [0.717, 1.165) is 0 Å². The van der Waals surface area contributed by atoms with E-state index in [0.29, 0.717) is 12.8 Å². The van der Waals surface area contributed by atoms with Crippen LogP contribution in [0.15, 0.2) is 12.2 Å². The van der Waals surface area contributed by atoms with Crippen LogP contribution >= 0.6 is 8.25 Å². The summed E-state index contributed by atoms with van der Waals surface area (Å²) >= 11 is 0. The Morgan fingerprint density at radius 2 is 1.79 bits per heavy atom. The van der Waals surface area contributed by atoms with Gasteiger partial charge in [0.15, 0.2) is 0 Å². The van der Waals surface area contributed by atoms with Gasteiger partial charge in [-0.2, -0.15) is 0 Å². The highest BCUT2D eigenvalue weighted by Crippen LogP contribution is 2.15. The second kappa shape index (κ2) is 10.6. The van der Waals surface area contributed by atoms with Gasteiger partial charge in [0.1, 0.15) is 19.8 Å². The molecular formula is C11H18O7P+. The number of carbonyl (C=O) groups excluding carboxylic acids is 2. The third kappa shape index (κ3) is 11.5. The Kier molecular flexibility index (Phi) is 9.88. The molecule has 0 saturated heterocycles. The molecule has 7 nitrogen and oxygen atoms in total. The Morgan fingerprint density at radius 1 is 1.16 bits per heavy atom. The number of rotatable bonds is 10. The van der Waals surface area contributed by atoms with Crippen LogP contribution in [0.25, 0.3) is 0 Å². The minimum absolute atomic E-state index is 0.00312. The first kappa shape index (κ1) is 17.7. The lowest BCUT2D eigenvalue weighted by Crippen LogP contribution is -2.14. The third-order valence-electron chi connectivity index (χ3n) is 1.90. The molecule has 19 heavy (non-hydrogen) atoms. The van der Waals surface area contributed by atoms with Gasteiger partial charge in [-0.15, -0.1) is 9.42 Å². The van der Waals surface area contributed by atoms with Gasteiger partial charge in [-0.25, -0.2) is 4.79 Å². The Bertz CT molecular complexity index is 340. The van der Waals surface area contributed by atoms with Crippen molar-refractivity contribution in [3.63, 3.8) is 0 Å². The molecule has 0 aromatic rings. The van der Waals surface area contributed by atoms with Gasteiger partial charge >= 0.3 is 20.2 Å². The molecule has 0 saturated carbocycles. The summed E-state index contributed by atoms with van der Waals surface area (Å²) in [5, 5.41) is 0. The molecule has 0 aromatic heterocycles. The van der Waals surface area contributed by atoms with Crippen molar-refractivity contribution in [1.29, 1.82) is 0 Å². The zero-order valence-corrected chi connectivity index (χ0v) is 11.7. The van der Waals surface area contributed by atoms with Crippen LogP contribution in [0.5, 0.6) is 0 Å². The van der Waals surface area contributed by atoms with E-state index in [1.807, 2.05) is 0 Å². The summed E-state index contributed by atoms with van der Waals surface area (Å²) in [5.41, 5.74) is 0.286. The highest BCUT2D eigenvalue weighted by molar-refractivity contribution is 7.32. The average Bonchev–Trinajstić information content (AvgIpc) is 2.33. The van der Waals surface area contributed by atoms with Crippen LogP contribution in [0.4, 0.5) is 0 Å². The Morgan fingerprint density at radius 3 is 2.37 bits per heavy atom. The van der Waals surface area contributed by atoms with Crippen LogP contribution in [0.3, 0.4) is 0 Å². The lowest BCUT2D eigenvalue weighted by molar-refractivity contribution is -0.150.